The molecule has 196 valence electrons. The van der Waals surface area contributed by atoms with Crippen molar-refractivity contribution in [1.29, 1.82) is 0 Å². The van der Waals surface area contributed by atoms with E-state index in [-0.39, 0.29) is 0 Å². The number of fused-ring (bicyclic) bond motifs is 2. The average Bonchev–Trinajstić information content (AvgIpc) is 3.35. The molecule has 0 aromatic heterocycles. The summed E-state index contributed by atoms with van der Waals surface area (Å²) < 4.78 is 13.2. The number of ether oxygens (including phenoxy) is 2. The first-order valence-electron chi connectivity index (χ1n) is 15.2. The van der Waals surface area contributed by atoms with E-state index in [1.54, 1.807) is 0 Å². The molecule has 36 heavy (non-hydrogen) atoms. The molecule has 2 aromatic rings. The van der Waals surface area contributed by atoms with Gasteiger partial charge in [-0.25, -0.2) is 0 Å². The van der Waals surface area contributed by atoms with Gasteiger partial charge >= 0.3 is 0 Å². The Hall–Kier alpha value is -1.48. The van der Waals surface area contributed by atoms with Crippen LogP contribution in [0.2, 0.25) is 0 Å². The number of hydrogen-bond acceptors (Lipinski definition) is 2. The summed E-state index contributed by atoms with van der Waals surface area (Å²) in [4.78, 5) is 0. The normalized spacial score (nSPS) is 27.6. The minimum atomic E-state index is 0.394. The summed E-state index contributed by atoms with van der Waals surface area (Å²) in [5, 5.41) is 5.19. The predicted molar refractivity (Wildman–Crippen MR) is 156 cm³/mol. The summed E-state index contributed by atoms with van der Waals surface area (Å²) in [6, 6.07) is 11.3. The summed E-state index contributed by atoms with van der Waals surface area (Å²) >= 11 is 0. The summed E-state index contributed by atoms with van der Waals surface area (Å²) in [5.74, 6) is 8.34. The van der Waals surface area contributed by atoms with E-state index in [0.717, 1.165) is 36.5 Å². The molecule has 0 N–H and O–H groups in total. The van der Waals surface area contributed by atoms with Crippen molar-refractivity contribution in [3.8, 4) is 11.5 Å². The Morgan fingerprint density at radius 1 is 0.639 bits per heavy atom. The van der Waals surface area contributed by atoms with Crippen molar-refractivity contribution < 1.29 is 9.47 Å². The second kappa shape index (κ2) is 11.9. The van der Waals surface area contributed by atoms with E-state index in [4.69, 9.17) is 9.47 Å². The minimum Gasteiger partial charge on any atom is -0.493 e. The van der Waals surface area contributed by atoms with Gasteiger partial charge in [0, 0.05) is 10.8 Å². The molecule has 1 aliphatic heterocycles. The lowest BCUT2D eigenvalue weighted by Crippen LogP contribution is -2.16. The van der Waals surface area contributed by atoms with Crippen LogP contribution in [-0.4, -0.2) is 30.1 Å². The van der Waals surface area contributed by atoms with Gasteiger partial charge in [0.1, 0.15) is 11.5 Å². The summed E-state index contributed by atoms with van der Waals surface area (Å²) in [6.45, 7) is 1.72. The van der Waals surface area contributed by atoms with E-state index in [1.807, 2.05) is 0 Å². The zero-order valence-electron chi connectivity index (χ0n) is 22.2. The second-order valence-corrected chi connectivity index (χ2v) is 14.2. The molecule has 4 aliphatic rings. The summed E-state index contributed by atoms with van der Waals surface area (Å²) in [7, 11) is 0.394. The fraction of sp³-hybridized carbons (Fsp3) is 0.667. The molecule has 1 heterocycles. The molecule has 0 bridgehead atoms. The van der Waals surface area contributed by atoms with Crippen LogP contribution in [0.25, 0.3) is 10.8 Å². The Morgan fingerprint density at radius 3 is 1.86 bits per heavy atom. The first-order chi connectivity index (χ1) is 17.8. The fourth-order valence-corrected chi connectivity index (χ4v) is 10.3. The van der Waals surface area contributed by atoms with Crippen molar-refractivity contribution >= 4 is 26.6 Å². The molecule has 2 atom stereocenters. The number of hydrogen-bond donors (Lipinski definition) is 0. The molecular formula is C33H46O2S. The molecule has 0 amide bonds. The van der Waals surface area contributed by atoms with Crippen molar-refractivity contribution in [2.24, 2.45) is 23.7 Å². The highest BCUT2D eigenvalue weighted by Crippen LogP contribution is 2.45. The third kappa shape index (κ3) is 5.82. The molecule has 3 heteroatoms. The fourth-order valence-electron chi connectivity index (χ4n) is 7.46. The Balaban J connectivity index is 1.29. The van der Waals surface area contributed by atoms with Crippen LogP contribution in [0.3, 0.4) is 0 Å². The zero-order chi connectivity index (χ0) is 24.2. The van der Waals surface area contributed by atoms with E-state index >= 15 is 0 Å². The van der Waals surface area contributed by atoms with Crippen molar-refractivity contribution in [2.75, 3.05) is 24.7 Å². The van der Waals surface area contributed by atoms with Gasteiger partial charge in [0.05, 0.1) is 13.2 Å². The van der Waals surface area contributed by atoms with Gasteiger partial charge in [0.15, 0.2) is 0 Å². The first kappa shape index (κ1) is 24.8. The van der Waals surface area contributed by atoms with Crippen molar-refractivity contribution in [3.63, 3.8) is 0 Å². The molecule has 2 unspecified atom stereocenters. The zero-order valence-corrected chi connectivity index (χ0v) is 23.0. The van der Waals surface area contributed by atoms with Crippen LogP contribution in [-0.2, 0) is 0 Å². The van der Waals surface area contributed by atoms with Gasteiger partial charge in [-0.2, -0.15) is 10.5 Å². The highest BCUT2D eigenvalue weighted by Gasteiger charge is 2.32. The third-order valence-corrected chi connectivity index (χ3v) is 11.9. The molecule has 3 saturated carbocycles. The van der Waals surface area contributed by atoms with Crippen molar-refractivity contribution in [3.05, 3.63) is 35.9 Å². The van der Waals surface area contributed by atoms with Crippen molar-refractivity contribution in [2.45, 2.75) is 89.9 Å². The van der Waals surface area contributed by atoms with E-state index in [9.17, 15) is 0 Å². The van der Waals surface area contributed by atoms with Gasteiger partial charge in [-0.15, -0.1) is 0 Å². The highest BCUT2D eigenvalue weighted by molar-refractivity contribution is 8.15. The molecule has 2 aromatic carbocycles. The molecule has 4 fully saturated rings. The van der Waals surface area contributed by atoms with E-state index in [0.29, 0.717) is 22.3 Å². The molecule has 0 spiro atoms. The monoisotopic (exact) mass is 506 g/mol. The van der Waals surface area contributed by atoms with Gasteiger partial charge in [0.2, 0.25) is 0 Å². The average molecular weight is 507 g/mol. The minimum absolute atomic E-state index is 0.394. The predicted octanol–water partition coefficient (Wildman–Crippen LogP) is 9.00. The SMILES string of the molecule is C(c1ccc(OCC2CCCCC2)c2cccc(OCC3CCCCC3)c12)=S1CC2CCCCC2C1. The van der Waals surface area contributed by atoms with Gasteiger partial charge in [-0.05, 0) is 96.8 Å². The Labute approximate surface area is 221 Å². The maximum Gasteiger partial charge on any atom is 0.127 e. The standard InChI is InChI=1S/C33H46O2S/c1-3-10-25(11-4-1)20-34-31-19-18-29(24-36-22-27-14-7-8-15-28(27)23-36)33-30(31)16-9-17-32(33)35-21-26-12-5-2-6-13-26/h9,16-19,24-28H,1-8,10-15,20-23H2. The molecular weight excluding hydrogens is 460 g/mol. The first-order valence-corrected chi connectivity index (χ1v) is 16.8. The molecule has 1 saturated heterocycles. The Morgan fingerprint density at radius 2 is 1.22 bits per heavy atom. The summed E-state index contributed by atoms with van der Waals surface area (Å²) in [5.41, 5.74) is 1.39. The maximum atomic E-state index is 6.64. The molecule has 6 rings (SSSR count). The lowest BCUT2D eigenvalue weighted by molar-refractivity contribution is 0.209. The quantitative estimate of drug-likeness (QED) is 0.349. The van der Waals surface area contributed by atoms with E-state index < -0.39 is 0 Å². The number of rotatable bonds is 7. The lowest BCUT2D eigenvalue weighted by atomic mass is 9.82. The van der Waals surface area contributed by atoms with Crippen LogP contribution >= 0.6 is 10.5 Å². The molecule has 0 radical (unpaired) electrons. The van der Waals surface area contributed by atoms with Crippen LogP contribution < -0.4 is 9.47 Å². The second-order valence-electron chi connectivity index (χ2n) is 12.3. The van der Waals surface area contributed by atoms with Crippen LogP contribution in [0.4, 0.5) is 0 Å². The van der Waals surface area contributed by atoms with Crippen LogP contribution in [0.5, 0.6) is 11.5 Å². The molecule has 3 aliphatic carbocycles. The Kier molecular flexibility index (Phi) is 8.23. The smallest absolute Gasteiger partial charge is 0.127 e. The maximum absolute atomic E-state index is 6.64. The van der Waals surface area contributed by atoms with Gasteiger partial charge in [-0.1, -0.05) is 69.6 Å². The molecule has 2 nitrogen and oxygen atoms in total. The van der Waals surface area contributed by atoms with Gasteiger partial charge < -0.3 is 9.47 Å². The van der Waals surface area contributed by atoms with Crippen molar-refractivity contribution in [1.82, 2.24) is 0 Å². The summed E-state index contributed by atoms with van der Waals surface area (Å²) in [6.07, 6.45) is 19.4. The third-order valence-electron chi connectivity index (χ3n) is 9.61. The number of benzene rings is 2. The largest absolute Gasteiger partial charge is 0.493 e. The Bertz CT molecular complexity index is 1030. The van der Waals surface area contributed by atoms with Gasteiger partial charge in [0.25, 0.3) is 0 Å². The van der Waals surface area contributed by atoms with Crippen LogP contribution in [0.15, 0.2) is 30.3 Å². The highest BCUT2D eigenvalue weighted by atomic mass is 32.2. The lowest BCUT2D eigenvalue weighted by Gasteiger charge is -2.24. The topological polar surface area (TPSA) is 18.5 Å². The van der Waals surface area contributed by atoms with E-state index in [1.165, 1.54) is 118 Å². The van der Waals surface area contributed by atoms with Gasteiger partial charge in [-0.3, -0.25) is 0 Å². The van der Waals surface area contributed by atoms with E-state index in [2.05, 4.69) is 35.7 Å². The van der Waals surface area contributed by atoms with Crippen LogP contribution in [0.1, 0.15) is 95.5 Å². The van der Waals surface area contributed by atoms with Crippen LogP contribution in [0, 0.1) is 23.7 Å².